The van der Waals surface area contributed by atoms with E-state index in [0.717, 1.165) is 57.8 Å². The van der Waals surface area contributed by atoms with Gasteiger partial charge in [-0.1, -0.05) is 247 Å². The summed E-state index contributed by atoms with van der Waals surface area (Å²) in [5.74, 6) is -0.289. The third-order valence-corrected chi connectivity index (χ3v) is 18.2. The Bertz CT molecular complexity index is 1980. The Morgan fingerprint density at radius 1 is 0.383 bits per heavy atom. The summed E-state index contributed by atoms with van der Waals surface area (Å²) in [6.07, 6.45) is 44.7. The highest BCUT2D eigenvalue weighted by Gasteiger charge is 2.53. The summed E-state index contributed by atoms with van der Waals surface area (Å²) in [7, 11) is 0. The van der Waals surface area contributed by atoms with Crippen LogP contribution in [0.1, 0.15) is 264 Å². The van der Waals surface area contributed by atoms with Gasteiger partial charge in [0.05, 0.1) is 38.6 Å². The predicted octanol–water partition coefficient (Wildman–Crippen LogP) is 10.9. The molecule has 3 heterocycles. The number of aliphatic hydroxyl groups is 11. The van der Waals surface area contributed by atoms with E-state index in [1.165, 1.54) is 173 Å². The van der Waals surface area contributed by atoms with Crippen molar-refractivity contribution in [1.29, 1.82) is 0 Å². The van der Waals surface area contributed by atoms with Crippen LogP contribution in [0.2, 0.25) is 0 Å². The molecular formula is C75H133NO18. The second-order valence-corrected chi connectivity index (χ2v) is 26.4. The number of hydrogen-bond acceptors (Lipinski definition) is 18. The van der Waals surface area contributed by atoms with Crippen molar-refractivity contribution in [3.05, 3.63) is 72.9 Å². The SMILES string of the molecule is CCCCCCC/C=C\C/C=C\C/C=C\CCCCCCCCCCCCCCCCCCCCC(=O)NC(COC1OC(CO)C(OC2OC(CO)C(OC3OC(CO)C(O)C(O)C3O)C(O)C2O)C(O)C1O)C(O)/C=C/CC/C=C/CC/C=C/CCCCCCCC. The average molecular weight is 1340 g/mol. The molecule has 3 saturated heterocycles. The van der Waals surface area contributed by atoms with Crippen molar-refractivity contribution in [1.82, 2.24) is 5.32 Å². The topological polar surface area (TPSA) is 307 Å². The number of ether oxygens (including phenoxy) is 6. The fourth-order valence-corrected chi connectivity index (χ4v) is 12.2. The predicted molar refractivity (Wildman–Crippen MR) is 369 cm³/mol. The van der Waals surface area contributed by atoms with Crippen LogP contribution >= 0.6 is 0 Å². The number of carbonyl (C=O) groups is 1. The van der Waals surface area contributed by atoms with Gasteiger partial charge in [-0.25, -0.2) is 0 Å². The van der Waals surface area contributed by atoms with Crippen molar-refractivity contribution in [2.24, 2.45) is 0 Å². The van der Waals surface area contributed by atoms with Gasteiger partial charge in [-0.2, -0.15) is 0 Å². The highest BCUT2D eigenvalue weighted by atomic mass is 16.8. The van der Waals surface area contributed by atoms with Crippen molar-refractivity contribution < 1.29 is 89.4 Å². The molecule has 17 unspecified atom stereocenters. The maximum atomic E-state index is 13.4. The number of allylic oxidation sites excluding steroid dienone is 11. The summed E-state index contributed by atoms with van der Waals surface area (Å²) < 4.78 is 34.3. The first-order valence-electron chi connectivity index (χ1n) is 37.2. The maximum absolute atomic E-state index is 13.4. The molecule has 19 nitrogen and oxygen atoms in total. The third-order valence-electron chi connectivity index (χ3n) is 18.2. The molecule has 17 atom stereocenters. The molecule has 3 rings (SSSR count). The maximum Gasteiger partial charge on any atom is 0.220 e. The molecule has 94 heavy (non-hydrogen) atoms. The molecule has 0 aromatic rings. The lowest BCUT2D eigenvalue weighted by Crippen LogP contribution is -2.66. The van der Waals surface area contributed by atoms with E-state index in [1.807, 2.05) is 6.08 Å². The zero-order chi connectivity index (χ0) is 68.2. The van der Waals surface area contributed by atoms with Crippen LogP contribution in [0.3, 0.4) is 0 Å². The number of amides is 1. The molecule has 0 aromatic carbocycles. The van der Waals surface area contributed by atoms with Crippen molar-refractivity contribution in [3.8, 4) is 0 Å². The largest absolute Gasteiger partial charge is 0.394 e. The minimum Gasteiger partial charge on any atom is -0.394 e. The van der Waals surface area contributed by atoms with Gasteiger partial charge in [0.15, 0.2) is 18.9 Å². The Kier molecular flexibility index (Phi) is 50.9. The van der Waals surface area contributed by atoms with Crippen LogP contribution in [0, 0.1) is 0 Å². The van der Waals surface area contributed by atoms with Gasteiger partial charge in [-0.05, 0) is 83.5 Å². The van der Waals surface area contributed by atoms with Gasteiger partial charge in [-0.15, -0.1) is 0 Å². The number of unbranched alkanes of at least 4 members (excludes halogenated alkanes) is 31. The first kappa shape index (κ1) is 85.5. The van der Waals surface area contributed by atoms with E-state index < -0.39 is 124 Å². The van der Waals surface area contributed by atoms with E-state index in [1.54, 1.807) is 6.08 Å². The summed E-state index contributed by atoms with van der Waals surface area (Å²) in [6, 6.07) is -0.999. The van der Waals surface area contributed by atoms with Crippen LogP contribution in [-0.2, 0) is 33.2 Å². The van der Waals surface area contributed by atoms with E-state index in [4.69, 9.17) is 28.4 Å². The summed E-state index contributed by atoms with van der Waals surface area (Å²) in [6.45, 7) is 1.69. The van der Waals surface area contributed by atoms with Gasteiger partial charge in [0.2, 0.25) is 5.91 Å². The molecule has 546 valence electrons. The monoisotopic (exact) mass is 1340 g/mol. The fraction of sp³-hybridized carbons (Fsp3) is 0.827. The molecule has 12 N–H and O–H groups in total. The number of rotatable bonds is 57. The lowest BCUT2D eigenvalue weighted by Gasteiger charge is -2.48. The van der Waals surface area contributed by atoms with Gasteiger partial charge in [0.25, 0.3) is 0 Å². The number of nitrogens with one attached hydrogen (secondary N) is 1. The summed E-state index contributed by atoms with van der Waals surface area (Å²) >= 11 is 0. The third kappa shape index (κ3) is 36.9. The number of carbonyl (C=O) groups excluding carboxylic acids is 1. The van der Waals surface area contributed by atoms with Gasteiger partial charge in [0.1, 0.15) is 73.2 Å². The fourth-order valence-electron chi connectivity index (χ4n) is 12.2. The highest BCUT2D eigenvalue weighted by molar-refractivity contribution is 5.76. The van der Waals surface area contributed by atoms with E-state index in [-0.39, 0.29) is 18.9 Å². The molecular weight excluding hydrogens is 1200 g/mol. The molecule has 3 fully saturated rings. The summed E-state index contributed by atoms with van der Waals surface area (Å²) in [5, 5.41) is 121. The number of aliphatic hydroxyl groups excluding tert-OH is 11. The zero-order valence-electron chi connectivity index (χ0n) is 57.9. The quantitative estimate of drug-likeness (QED) is 0.0199. The average Bonchev–Trinajstić information content (AvgIpc) is 0.787. The molecule has 0 aliphatic carbocycles. The van der Waals surface area contributed by atoms with Gasteiger partial charge < -0.3 is 89.9 Å². The van der Waals surface area contributed by atoms with Crippen molar-refractivity contribution in [3.63, 3.8) is 0 Å². The Morgan fingerprint density at radius 3 is 1.14 bits per heavy atom. The van der Waals surface area contributed by atoms with Crippen molar-refractivity contribution in [2.75, 3.05) is 26.4 Å². The zero-order valence-corrected chi connectivity index (χ0v) is 57.9. The first-order chi connectivity index (χ1) is 45.8. The Morgan fingerprint density at radius 2 is 0.713 bits per heavy atom. The standard InChI is InChI=1S/C75H133NO18/c1-3-5-7-9-11-13-15-17-19-21-22-23-24-25-26-27-28-29-30-31-32-33-34-35-36-37-39-41-43-45-47-49-51-53-63(81)76-58(59(80)52-50-48-46-44-42-40-38-20-18-16-14-12-10-8-6-4-2)57-89-73-69(87)66(84)71(61(55-78)91-73)94-75-70(88)67(85)72(62(56-79)92-75)93-74-68(86)65(83)64(82)60(54-77)90-74/h15,17-18,20-22,24-25,42,44,50,52,58-62,64-75,77-80,82-88H,3-14,16,19,23,26-41,43,45-49,51,53-57H2,1-2H3,(H,76,81)/b17-15-,20-18+,22-21-,25-24-,44-42+,52-50+. The smallest absolute Gasteiger partial charge is 0.220 e. The van der Waals surface area contributed by atoms with Crippen molar-refractivity contribution in [2.45, 2.75) is 369 Å². The second-order valence-electron chi connectivity index (χ2n) is 26.4. The van der Waals surface area contributed by atoms with Crippen LogP contribution < -0.4 is 5.32 Å². The molecule has 0 bridgehead atoms. The van der Waals surface area contributed by atoms with Crippen LogP contribution in [0.4, 0.5) is 0 Å². The van der Waals surface area contributed by atoms with Gasteiger partial charge in [0, 0.05) is 6.42 Å². The molecule has 1 amide bonds. The molecule has 3 aliphatic heterocycles. The lowest BCUT2D eigenvalue weighted by atomic mass is 9.96. The normalized spacial score (nSPS) is 27.8. The lowest BCUT2D eigenvalue weighted by molar-refractivity contribution is -0.379. The molecule has 0 spiro atoms. The molecule has 19 heteroatoms. The minimum atomic E-state index is -1.98. The van der Waals surface area contributed by atoms with Crippen LogP contribution in [-0.4, -0.2) is 193 Å². The Balaban J connectivity index is 1.37. The second kappa shape index (κ2) is 56.0. The first-order valence-corrected chi connectivity index (χ1v) is 37.2. The van der Waals surface area contributed by atoms with Crippen LogP contribution in [0.5, 0.6) is 0 Å². The highest BCUT2D eigenvalue weighted by Crippen LogP contribution is 2.33. The minimum absolute atomic E-state index is 0.231. The molecule has 0 aromatic heterocycles. The van der Waals surface area contributed by atoms with E-state index in [2.05, 4.69) is 79.9 Å². The molecule has 0 saturated carbocycles. The van der Waals surface area contributed by atoms with Gasteiger partial charge >= 0.3 is 0 Å². The number of hydrogen-bond donors (Lipinski definition) is 12. The van der Waals surface area contributed by atoms with Gasteiger partial charge in [-0.3, -0.25) is 4.79 Å². The van der Waals surface area contributed by atoms with Crippen LogP contribution in [0.15, 0.2) is 72.9 Å². The Hall–Kier alpha value is -2.77. The summed E-state index contributed by atoms with van der Waals surface area (Å²) in [5.41, 5.74) is 0. The summed E-state index contributed by atoms with van der Waals surface area (Å²) in [4.78, 5) is 13.4. The van der Waals surface area contributed by atoms with E-state index in [9.17, 15) is 61.0 Å². The van der Waals surface area contributed by atoms with Crippen LogP contribution in [0.25, 0.3) is 0 Å². The van der Waals surface area contributed by atoms with E-state index >= 15 is 0 Å². The molecule has 3 aliphatic rings. The molecule has 0 radical (unpaired) electrons. The Labute approximate surface area is 566 Å². The van der Waals surface area contributed by atoms with Crippen molar-refractivity contribution >= 4 is 5.91 Å². The van der Waals surface area contributed by atoms with E-state index in [0.29, 0.717) is 12.8 Å².